The summed E-state index contributed by atoms with van der Waals surface area (Å²) in [5.41, 5.74) is 1.86. The molecule has 0 unspecified atom stereocenters. The Bertz CT molecular complexity index is 797. The molecule has 0 N–H and O–H groups in total. The first kappa shape index (κ1) is 16.1. The molecule has 3 nitrogen and oxygen atoms in total. The van der Waals surface area contributed by atoms with E-state index in [-0.39, 0.29) is 23.6 Å². The van der Waals surface area contributed by atoms with Gasteiger partial charge in [-0.3, -0.25) is 4.79 Å². The Labute approximate surface area is 145 Å². The SMILES string of the molecule is O=C(Cc1csc(-c2ccsc2)n1)OCc1c(F)cccc1Cl. The zero-order valence-electron chi connectivity index (χ0n) is 11.8. The van der Waals surface area contributed by atoms with Crippen molar-refractivity contribution in [2.24, 2.45) is 0 Å². The predicted octanol–water partition coefficient (Wildman–Crippen LogP) is 4.95. The average molecular weight is 368 g/mol. The van der Waals surface area contributed by atoms with E-state index in [0.717, 1.165) is 10.6 Å². The summed E-state index contributed by atoms with van der Waals surface area (Å²) in [5.74, 6) is -0.954. The third kappa shape index (κ3) is 3.96. The maximum Gasteiger partial charge on any atom is 0.312 e. The Kier molecular flexibility index (Phi) is 5.05. The summed E-state index contributed by atoms with van der Waals surface area (Å²) in [5, 5.41) is 6.91. The molecule has 0 aliphatic rings. The van der Waals surface area contributed by atoms with Crippen LogP contribution in [0.4, 0.5) is 4.39 Å². The van der Waals surface area contributed by atoms with Crippen molar-refractivity contribution >= 4 is 40.2 Å². The van der Waals surface area contributed by atoms with E-state index < -0.39 is 11.8 Å². The van der Waals surface area contributed by atoms with Crippen LogP contribution in [0.5, 0.6) is 0 Å². The van der Waals surface area contributed by atoms with Crippen molar-refractivity contribution in [3.05, 3.63) is 62.5 Å². The molecular weight excluding hydrogens is 357 g/mol. The topological polar surface area (TPSA) is 39.2 Å². The van der Waals surface area contributed by atoms with Gasteiger partial charge in [0.2, 0.25) is 0 Å². The first-order valence-electron chi connectivity index (χ1n) is 6.69. The van der Waals surface area contributed by atoms with Crippen molar-refractivity contribution in [3.8, 4) is 10.6 Å². The third-order valence-corrected chi connectivity index (χ3v) is 5.06. The molecule has 118 valence electrons. The van der Waals surface area contributed by atoms with Gasteiger partial charge >= 0.3 is 5.97 Å². The van der Waals surface area contributed by atoms with Crippen LogP contribution in [-0.4, -0.2) is 11.0 Å². The van der Waals surface area contributed by atoms with Crippen LogP contribution < -0.4 is 0 Å². The van der Waals surface area contributed by atoms with E-state index >= 15 is 0 Å². The first-order chi connectivity index (χ1) is 11.1. The van der Waals surface area contributed by atoms with Crippen LogP contribution in [0.15, 0.2) is 40.4 Å². The predicted molar refractivity (Wildman–Crippen MR) is 90.3 cm³/mol. The summed E-state index contributed by atoms with van der Waals surface area (Å²) in [7, 11) is 0. The molecule has 0 spiro atoms. The van der Waals surface area contributed by atoms with E-state index in [1.165, 1.54) is 23.5 Å². The molecule has 23 heavy (non-hydrogen) atoms. The minimum atomic E-state index is -0.487. The summed E-state index contributed by atoms with van der Waals surface area (Å²) in [6.07, 6.45) is 0.0483. The van der Waals surface area contributed by atoms with E-state index in [2.05, 4.69) is 4.98 Å². The molecule has 7 heteroatoms. The molecule has 0 radical (unpaired) electrons. The number of benzene rings is 1. The number of ether oxygens (including phenoxy) is 1. The van der Waals surface area contributed by atoms with Crippen molar-refractivity contribution < 1.29 is 13.9 Å². The summed E-state index contributed by atoms with van der Waals surface area (Å²) >= 11 is 8.96. The molecule has 2 aromatic heterocycles. The number of carbonyl (C=O) groups excluding carboxylic acids is 1. The van der Waals surface area contributed by atoms with Gasteiger partial charge in [-0.15, -0.1) is 11.3 Å². The molecule has 0 saturated heterocycles. The monoisotopic (exact) mass is 367 g/mol. The molecule has 0 atom stereocenters. The van der Waals surface area contributed by atoms with Gasteiger partial charge in [-0.05, 0) is 23.6 Å². The zero-order chi connectivity index (χ0) is 16.2. The van der Waals surface area contributed by atoms with Crippen molar-refractivity contribution in [1.29, 1.82) is 0 Å². The smallest absolute Gasteiger partial charge is 0.312 e. The average Bonchev–Trinajstić information content (AvgIpc) is 3.17. The second-order valence-corrected chi connectivity index (χ2v) is 6.74. The number of hydrogen-bond acceptors (Lipinski definition) is 5. The molecule has 0 bridgehead atoms. The zero-order valence-corrected chi connectivity index (χ0v) is 14.2. The lowest BCUT2D eigenvalue weighted by Gasteiger charge is -2.06. The number of hydrogen-bond donors (Lipinski definition) is 0. The van der Waals surface area contributed by atoms with Gasteiger partial charge in [0.15, 0.2) is 0 Å². The molecule has 1 aromatic carbocycles. The number of thiophene rings is 1. The Morgan fingerprint density at radius 3 is 2.91 bits per heavy atom. The molecule has 3 rings (SSSR count). The lowest BCUT2D eigenvalue weighted by atomic mass is 10.2. The molecule has 2 heterocycles. The highest BCUT2D eigenvalue weighted by molar-refractivity contribution is 7.14. The van der Waals surface area contributed by atoms with Gasteiger partial charge in [0, 0.05) is 21.9 Å². The van der Waals surface area contributed by atoms with Gasteiger partial charge in [0.25, 0.3) is 0 Å². The summed E-state index contributed by atoms with van der Waals surface area (Å²) in [6.45, 7) is -0.189. The molecule has 0 aliphatic heterocycles. The number of rotatable bonds is 5. The minimum absolute atomic E-state index is 0.0483. The van der Waals surface area contributed by atoms with Crippen molar-refractivity contribution in [2.45, 2.75) is 13.0 Å². The van der Waals surface area contributed by atoms with E-state index in [1.807, 2.05) is 22.2 Å². The number of carbonyl (C=O) groups is 1. The van der Waals surface area contributed by atoms with Crippen LogP contribution in [0.2, 0.25) is 5.02 Å². The molecule has 0 saturated carbocycles. The number of halogens is 2. The van der Waals surface area contributed by atoms with Crippen molar-refractivity contribution in [1.82, 2.24) is 4.98 Å². The molecule has 0 fully saturated rings. The maximum absolute atomic E-state index is 13.6. The normalized spacial score (nSPS) is 10.7. The van der Waals surface area contributed by atoms with Gasteiger partial charge in [0.1, 0.15) is 17.4 Å². The Hall–Kier alpha value is -1.76. The van der Waals surface area contributed by atoms with E-state index in [9.17, 15) is 9.18 Å². The second-order valence-electron chi connectivity index (χ2n) is 4.69. The van der Waals surface area contributed by atoms with Crippen molar-refractivity contribution in [2.75, 3.05) is 0 Å². The summed E-state index contributed by atoms with van der Waals surface area (Å²) in [4.78, 5) is 16.3. The quantitative estimate of drug-likeness (QED) is 0.599. The molecule has 0 amide bonds. The molecular formula is C16H11ClFNO2S2. The fourth-order valence-electron chi connectivity index (χ4n) is 1.93. The number of aromatic nitrogens is 1. The highest BCUT2D eigenvalue weighted by Crippen LogP contribution is 2.26. The number of thiazole rings is 1. The lowest BCUT2D eigenvalue weighted by Crippen LogP contribution is -2.09. The van der Waals surface area contributed by atoms with Crippen LogP contribution in [0.3, 0.4) is 0 Å². The standard InChI is InChI=1S/C16H11ClFNO2S2/c17-13-2-1-3-14(18)12(13)7-21-15(20)6-11-9-23-16(19-11)10-4-5-22-8-10/h1-5,8-9H,6-7H2. The van der Waals surface area contributed by atoms with E-state index in [0.29, 0.717) is 5.69 Å². The molecule has 0 aliphatic carbocycles. The Balaban J connectivity index is 1.60. The highest BCUT2D eigenvalue weighted by Gasteiger charge is 2.13. The highest BCUT2D eigenvalue weighted by atomic mass is 35.5. The van der Waals surface area contributed by atoms with Gasteiger partial charge in [0.05, 0.1) is 17.1 Å². The fourth-order valence-corrected chi connectivity index (χ4v) is 3.68. The molecule has 3 aromatic rings. The minimum Gasteiger partial charge on any atom is -0.460 e. The number of nitrogens with zero attached hydrogens (tertiary/aromatic N) is 1. The number of esters is 1. The Morgan fingerprint density at radius 1 is 1.30 bits per heavy atom. The maximum atomic E-state index is 13.6. The Morgan fingerprint density at radius 2 is 2.17 bits per heavy atom. The van der Waals surface area contributed by atoms with Gasteiger partial charge in [-0.2, -0.15) is 11.3 Å². The van der Waals surface area contributed by atoms with Crippen LogP contribution in [0.25, 0.3) is 10.6 Å². The van der Waals surface area contributed by atoms with Gasteiger partial charge in [-0.25, -0.2) is 9.37 Å². The second kappa shape index (κ2) is 7.21. The first-order valence-corrected chi connectivity index (χ1v) is 8.89. The summed E-state index contributed by atoms with van der Waals surface area (Å²) in [6, 6.07) is 6.32. The fraction of sp³-hybridized carbons (Fsp3) is 0.125. The van der Waals surface area contributed by atoms with Crippen LogP contribution in [0, 0.1) is 5.82 Å². The summed E-state index contributed by atoms with van der Waals surface area (Å²) < 4.78 is 18.7. The van der Waals surface area contributed by atoms with E-state index in [1.54, 1.807) is 17.4 Å². The van der Waals surface area contributed by atoms with Gasteiger partial charge in [-0.1, -0.05) is 17.7 Å². The van der Waals surface area contributed by atoms with Crippen molar-refractivity contribution in [3.63, 3.8) is 0 Å². The lowest BCUT2D eigenvalue weighted by molar-refractivity contribution is -0.144. The van der Waals surface area contributed by atoms with Crippen LogP contribution >= 0.6 is 34.3 Å². The van der Waals surface area contributed by atoms with E-state index in [4.69, 9.17) is 16.3 Å². The largest absolute Gasteiger partial charge is 0.460 e. The third-order valence-electron chi connectivity index (χ3n) is 3.08. The van der Waals surface area contributed by atoms with Crippen LogP contribution in [0.1, 0.15) is 11.3 Å². The van der Waals surface area contributed by atoms with Gasteiger partial charge < -0.3 is 4.74 Å². The van der Waals surface area contributed by atoms with Crippen LogP contribution in [-0.2, 0) is 22.6 Å².